The lowest BCUT2D eigenvalue weighted by Crippen LogP contribution is -2.16. The number of nitrogens with zero attached hydrogens (tertiary/aromatic N) is 1. The van der Waals surface area contributed by atoms with Gasteiger partial charge in [0.05, 0.1) is 16.3 Å². The Bertz CT molecular complexity index is 1040. The first-order valence-electron chi connectivity index (χ1n) is 8.12. The van der Waals surface area contributed by atoms with Gasteiger partial charge in [0.15, 0.2) is 5.76 Å². The number of anilines is 1. The number of hydrogen-bond donors (Lipinski definition) is 1. The van der Waals surface area contributed by atoms with E-state index in [0.717, 1.165) is 6.07 Å². The molecule has 7 heteroatoms. The summed E-state index contributed by atoms with van der Waals surface area (Å²) in [7, 11) is -3.91. The SMILES string of the molecule is Cc1cc(-c2ccc(C(C)C)c(S(=O)(=O)Nc3cccc(F)c3)c2)on1. The lowest BCUT2D eigenvalue weighted by atomic mass is 10.0. The number of nitrogens with one attached hydrogen (secondary N) is 1. The summed E-state index contributed by atoms with van der Waals surface area (Å²) in [5, 5.41) is 3.84. The molecule has 0 bridgehead atoms. The van der Waals surface area contributed by atoms with Gasteiger partial charge in [-0.3, -0.25) is 4.72 Å². The van der Waals surface area contributed by atoms with Crippen LogP contribution in [0.1, 0.15) is 31.0 Å². The lowest BCUT2D eigenvalue weighted by molar-refractivity contribution is 0.427. The Labute approximate surface area is 151 Å². The fourth-order valence-electron chi connectivity index (χ4n) is 2.66. The first-order valence-corrected chi connectivity index (χ1v) is 9.60. The van der Waals surface area contributed by atoms with Gasteiger partial charge in [-0.05, 0) is 42.7 Å². The van der Waals surface area contributed by atoms with Crippen molar-refractivity contribution in [2.45, 2.75) is 31.6 Å². The normalized spacial score (nSPS) is 11.7. The zero-order chi connectivity index (χ0) is 18.9. The van der Waals surface area contributed by atoms with Crippen LogP contribution in [0, 0.1) is 12.7 Å². The molecule has 1 heterocycles. The first-order chi connectivity index (χ1) is 12.3. The average molecular weight is 374 g/mol. The standard InChI is InChI=1S/C19H19FN2O3S/c1-12(2)17-8-7-14(18-9-13(3)21-25-18)10-19(17)26(23,24)22-16-6-4-5-15(20)11-16/h4-12,22H,1-3H3. The molecular formula is C19H19FN2O3S. The van der Waals surface area contributed by atoms with Gasteiger partial charge in [-0.2, -0.15) is 0 Å². The first kappa shape index (κ1) is 18.1. The average Bonchev–Trinajstić information content (AvgIpc) is 3.00. The van der Waals surface area contributed by atoms with E-state index in [9.17, 15) is 12.8 Å². The molecule has 1 aromatic heterocycles. The summed E-state index contributed by atoms with van der Waals surface area (Å²) in [6, 6.07) is 12.2. The largest absolute Gasteiger partial charge is 0.356 e. The van der Waals surface area contributed by atoms with Gasteiger partial charge in [0.2, 0.25) is 0 Å². The molecule has 0 atom stereocenters. The zero-order valence-corrected chi connectivity index (χ0v) is 15.5. The van der Waals surface area contributed by atoms with E-state index in [1.807, 2.05) is 13.8 Å². The van der Waals surface area contributed by atoms with Crippen LogP contribution in [-0.4, -0.2) is 13.6 Å². The molecular weight excluding hydrogens is 355 g/mol. The molecule has 0 unspecified atom stereocenters. The van der Waals surface area contributed by atoms with Crippen molar-refractivity contribution in [1.82, 2.24) is 5.16 Å². The Balaban J connectivity index is 2.08. The molecule has 0 aliphatic carbocycles. The van der Waals surface area contributed by atoms with Gasteiger partial charge in [0, 0.05) is 11.6 Å². The van der Waals surface area contributed by atoms with Crippen molar-refractivity contribution in [3.05, 3.63) is 65.6 Å². The number of aryl methyl sites for hydroxylation is 1. The molecule has 5 nitrogen and oxygen atoms in total. The maximum absolute atomic E-state index is 13.4. The minimum Gasteiger partial charge on any atom is -0.356 e. The van der Waals surface area contributed by atoms with Crippen LogP contribution >= 0.6 is 0 Å². The smallest absolute Gasteiger partial charge is 0.262 e. The van der Waals surface area contributed by atoms with E-state index in [1.54, 1.807) is 31.2 Å². The Hall–Kier alpha value is -2.67. The van der Waals surface area contributed by atoms with Crippen LogP contribution in [0.5, 0.6) is 0 Å². The molecule has 0 saturated carbocycles. The van der Waals surface area contributed by atoms with E-state index in [2.05, 4.69) is 9.88 Å². The number of aromatic nitrogens is 1. The van der Waals surface area contributed by atoms with E-state index in [0.29, 0.717) is 22.6 Å². The topological polar surface area (TPSA) is 72.2 Å². The molecule has 1 N–H and O–H groups in total. The summed E-state index contributed by atoms with van der Waals surface area (Å²) in [4.78, 5) is 0.128. The Kier molecular flexibility index (Phi) is 4.82. The number of hydrogen-bond acceptors (Lipinski definition) is 4. The highest BCUT2D eigenvalue weighted by molar-refractivity contribution is 7.92. The van der Waals surface area contributed by atoms with Gasteiger partial charge >= 0.3 is 0 Å². The second kappa shape index (κ2) is 6.92. The Morgan fingerprint density at radius 3 is 2.50 bits per heavy atom. The van der Waals surface area contributed by atoms with Crippen molar-refractivity contribution in [2.24, 2.45) is 0 Å². The predicted octanol–water partition coefficient (Wildman–Crippen LogP) is 4.71. The molecule has 0 spiro atoms. The van der Waals surface area contributed by atoms with E-state index < -0.39 is 15.8 Å². The fraction of sp³-hybridized carbons (Fsp3) is 0.211. The highest BCUT2D eigenvalue weighted by Gasteiger charge is 2.22. The monoisotopic (exact) mass is 374 g/mol. The number of halogens is 1. The van der Waals surface area contributed by atoms with E-state index in [1.165, 1.54) is 18.2 Å². The third kappa shape index (κ3) is 3.77. The second-order valence-corrected chi connectivity index (χ2v) is 8.01. The molecule has 0 amide bonds. The molecule has 136 valence electrons. The lowest BCUT2D eigenvalue weighted by Gasteiger charge is -2.15. The van der Waals surface area contributed by atoms with E-state index in [-0.39, 0.29) is 16.5 Å². The van der Waals surface area contributed by atoms with Gasteiger partial charge < -0.3 is 4.52 Å². The summed E-state index contributed by atoms with van der Waals surface area (Å²) < 4.78 is 47.0. The number of sulfonamides is 1. The number of rotatable bonds is 5. The van der Waals surface area contributed by atoms with Gasteiger partial charge in [-0.15, -0.1) is 0 Å². The maximum atomic E-state index is 13.4. The molecule has 0 aliphatic rings. The Morgan fingerprint density at radius 1 is 1.12 bits per heavy atom. The van der Waals surface area contributed by atoms with Gasteiger partial charge in [-0.25, -0.2) is 12.8 Å². The molecule has 0 fully saturated rings. The summed E-state index contributed by atoms with van der Waals surface area (Å²) in [6.07, 6.45) is 0. The molecule has 26 heavy (non-hydrogen) atoms. The Morgan fingerprint density at radius 2 is 1.88 bits per heavy atom. The summed E-state index contributed by atoms with van der Waals surface area (Å²) in [5.41, 5.74) is 2.14. The summed E-state index contributed by atoms with van der Waals surface area (Å²) in [6.45, 7) is 5.61. The van der Waals surface area contributed by atoms with Crippen molar-refractivity contribution in [3.63, 3.8) is 0 Å². The minimum absolute atomic E-state index is 0.0143. The quantitative estimate of drug-likeness (QED) is 0.702. The van der Waals surface area contributed by atoms with Crippen LogP contribution < -0.4 is 4.72 Å². The van der Waals surface area contributed by atoms with E-state index >= 15 is 0 Å². The fourth-order valence-corrected chi connectivity index (χ4v) is 4.10. The molecule has 3 aromatic rings. The van der Waals surface area contributed by atoms with Crippen molar-refractivity contribution >= 4 is 15.7 Å². The van der Waals surface area contributed by atoms with Gasteiger partial charge in [0.25, 0.3) is 10.0 Å². The number of benzene rings is 2. The van der Waals surface area contributed by atoms with Crippen LogP contribution in [0.4, 0.5) is 10.1 Å². The van der Waals surface area contributed by atoms with Crippen molar-refractivity contribution in [1.29, 1.82) is 0 Å². The molecule has 0 saturated heterocycles. The molecule has 0 radical (unpaired) electrons. The molecule has 0 aliphatic heterocycles. The van der Waals surface area contributed by atoms with Crippen LogP contribution in [-0.2, 0) is 10.0 Å². The van der Waals surface area contributed by atoms with E-state index in [4.69, 9.17) is 4.52 Å². The third-order valence-corrected chi connectivity index (χ3v) is 5.35. The predicted molar refractivity (Wildman–Crippen MR) is 98.0 cm³/mol. The summed E-state index contributed by atoms with van der Waals surface area (Å²) >= 11 is 0. The summed E-state index contributed by atoms with van der Waals surface area (Å²) in [5.74, 6) is -0.0419. The molecule has 3 rings (SSSR count). The van der Waals surface area contributed by atoms with Crippen LogP contribution in [0.25, 0.3) is 11.3 Å². The molecule has 2 aromatic carbocycles. The van der Waals surface area contributed by atoms with Gasteiger partial charge in [-0.1, -0.05) is 37.2 Å². The highest BCUT2D eigenvalue weighted by Crippen LogP contribution is 2.31. The second-order valence-electron chi connectivity index (χ2n) is 6.36. The van der Waals surface area contributed by atoms with Crippen LogP contribution in [0.2, 0.25) is 0 Å². The minimum atomic E-state index is -3.91. The van der Waals surface area contributed by atoms with Crippen molar-refractivity contribution in [2.75, 3.05) is 4.72 Å². The third-order valence-electron chi connectivity index (χ3n) is 3.91. The zero-order valence-electron chi connectivity index (χ0n) is 14.7. The van der Waals surface area contributed by atoms with Crippen molar-refractivity contribution in [3.8, 4) is 11.3 Å². The van der Waals surface area contributed by atoms with Crippen LogP contribution in [0.3, 0.4) is 0 Å². The van der Waals surface area contributed by atoms with Crippen molar-refractivity contribution < 1.29 is 17.3 Å². The highest BCUT2D eigenvalue weighted by atomic mass is 32.2. The maximum Gasteiger partial charge on any atom is 0.262 e. The van der Waals surface area contributed by atoms with Gasteiger partial charge in [0.1, 0.15) is 5.82 Å². The van der Waals surface area contributed by atoms with Crippen LogP contribution in [0.15, 0.2) is 57.9 Å².